The number of aryl methyl sites for hydroxylation is 1. The molecular weight excluding hydrogens is 510 g/mol. The second-order valence-electron chi connectivity index (χ2n) is 8.72. The van der Waals surface area contributed by atoms with Crippen molar-refractivity contribution in [2.24, 2.45) is 0 Å². The summed E-state index contributed by atoms with van der Waals surface area (Å²) in [6.45, 7) is 7.30. The van der Waals surface area contributed by atoms with Crippen LogP contribution in [0.1, 0.15) is 16.3 Å². The molecule has 190 valence electrons. The highest BCUT2D eigenvalue weighted by atomic mass is 35.5. The molecular formula is C26H26ClN7O2S. The molecule has 4 heterocycles. The summed E-state index contributed by atoms with van der Waals surface area (Å²) in [6.07, 6.45) is 5.55. The van der Waals surface area contributed by atoms with Gasteiger partial charge in [-0.15, -0.1) is 11.3 Å². The van der Waals surface area contributed by atoms with Crippen LogP contribution in [-0.2, 0) is 11.4 Å². The van der Waals surface area contributed by atoms with Crippen LogP contribution in [0, 0.1) is 6.92 Å². The van der Waals surface area contributed by atoms with Crippen LogP contribution >= 0.6 is 22.9 Å². The van der Waals surface area contributed by atoms with Crippen molar-refractivity contribution in [1.29, 1.82) is 0 Å². The predicted molar refractivity (Wildman–Crippen MR) is 147 cm³/mol. The maximum absolute atomic E-state index is 12.0. The Balaban J connectivity index is 1.33. The Kier molecular flexibility index (Phi) is 7.20. The Morgan fingerprint density at radius 3 is 2.95 bits per heavy atom. The smallest absolute Gasteiger partial charge is 0.246 e. The highest BCUT2D eigenvalue weighted by Gasteiger charge is 2.28. The number of fused-ring (bicyclic) bond motifs is 1. The van der Waals surface area contributed by atoms with E-state index in [0.717, 1.165) is 27.8 Å². The summed E-state index contributed by atoms with van der Waals surface area (Å²) in [5, 5.41) is 4.68. The van der Waals surface area contributed by atoms with Crippen LogP contribution in [0.5, 0.6) is 5.75 Å². The first-order valence-electron chi connectivity index (χ1n) is 11.8. The van der Waals surface area contributed by atoms with Crippen molar-refractivity contribution < 1.29 is 9.53 Å². The van der Waals surface area contributed by atoms with E-state index < -0.39 is 0 Å². The molecule has 1 aromatic carbocycles. The molecule has 1 atom stereocenters. The molecule has 1 amide bonds. The fraction of sp³-hybridized carbons (Fsp3) is 0.269. The standard InChI is InChI=1S/C26H26ClN7O2S/c1-4-24(35)34-10-9-18(13-34)33(3)22-8-6-20-25(32-22)26(30-15-29-20)31-17-5-7-21(19(27)11-17)36-14-23-28-12-16(2)37-23/h4-8,11-12,15,18H,1,9-10,13-14H2,2-3H3,(H,29,30,31)/t18-/m0/s1. The van der Waals surface area contributed by atoms with Crippen LogP contribution in [0.4, 0.5) is 17.3 Å². The molecule has 0 radical (unpaired) electrons. The Morgan fingerprint density at radius 1 is 1.32 bits per heavy atom. The monoisotopic (exact) mass is 535 g/mol. The Labute approximate surface area is 223 Å². The van der Waals surface area contributed by atoms with Crippen molar-refractivity contribution in [3.63, 3.8) is 0 Å². The number of thiazole rings is 1. The fourth-order valence-corrected chi connectivity index (χ4v) is 5.17. The van der Waals surface area contributed by atoms with E-state index in [1.54, 1.807) is 22.3 Å². The van der Waals surface area contributed by atoms with Gasteiger partial charge in [-0.3, -0.25) is 4.79 Å². The molecule has 0 aliphatic carbocycles. The van der Waals surface area contributed by atoms with Gasteiger partial charge in [0.2, 0.25) is 5.91 Å². The first kappa shape index (κ1) is 24.9. The molecule has 11 heteroatoms. The Morgan fingerprint density at radius 2 is 2.19 bits per heavy atom. The van der Waals surface area contributed by atoms with Crippen molar-refractivity contribution in [3.8, 4) is 5.75 Å². The van der Waals surface area contributed by atoms with Gasteiger partial charge in [-0.1, -0.05) is 18.2 Å². The highest BCUT2D eigenvalue weighted by Crippen LogP contribution is 2.31. The van der Waals surface area contributed by atoms with Crippen molar-refractivity contribution in [2.45, 2.75) is 26.0 Å². The van der Waals surface area contributed by atoms with Gasteiger partial charge in [-0.2, -0.15) is 0 Å². The zero-order chi connectivity index (χ0) is 25.9. The van der Waals surface area contributed by atoms with E-state index in [2.05, 4.69) is 31.7 Å². The molecule has 5 rings (SSSR count). The summed E-state index contributed by atoms with van der Waals surface area (Å²) in [5.74, 6) is 1.88. The van der Waals surface area contributed by atoms with Gasteiger partial charge in [0.25, 0.3) is 0 Å². The minimum atomic E-state index is -0.0457. The summed E-state index contributed by atoms with van der Waals surface area (Å²) >= 11 is 8.09. The number of likely N-dealkylation sites (N-methyl/N-ethyl adjacent to an activating group) is 1. The lowest BCUT2D eigenvalue weighted by atomic mass is 10.2. The van der Waals surface area contributed by atoms with Gasteiger partial charge in [-0.05, 0) is 49.8 Å². The number of hydrogen-bond donors (Lipinski definition) is 1. The zero-order valence-electron chi connectivity index (χ0n) is 20.5. The number of nitrogens with zero attached hydrogens (tertiary/aromatic N) is 6. The number of likely N-dealkylation sites (tertiary alicyclic amines) is 1. The van der Waals surface area contributed by atoms with Crippen LogP contribution in [0.2, 0.25) is 5.02 Å². The molecule has 0 bridgehead atoms. The molecule has 1 fully saturated rings. The Hall–Kier alpha value is -3.76. The van der Waals surface area contributed by atoms with Crippen LogP contribution in [0.3, 0.4) is 0 Å². The molecule has 0 spiro atoms. The van der Waals surface area contributed by atoms with Crippen LogP contribution in [0.25, 0.3) is 11.0 Å². The average molecular weight is 536 g/mol. The predicted octanol–water partition coefficient (Wildman–Crippen LogP) is 4.99. The third-order valence-electron chi connectivity index (χ3n) is 6.24. The quantitative estimate of drug-likeness (QED) is 0.315. The summed E-state index contributed by atoms with van der Waals surface area (Å²) < 4.78 is 5.85. The lowest BCUT2D eigenvalue weighted by Crippen LogP contribution is -2.36. The second kappa shape index (κ2) is 10.7. The van der Waals surface area contributed by atoms with Crippen molar-refractivity contribution in [3.05, 3.63) is 70.4 Å². The number of carbonyl (C=O) groups excluding carboxylic acids is 1. The minimum absolute atomic E-state index is 0.0457. The molecule has 37 heavy (non-hydrogen) atoms. The number of rotatable bonds is 8. The van der Waals surface area contributed by atoms with Crippen molar-refractivity contribution >= 4 is 57.2 Å². The lowest BCUT2D eigenvalue weighted by Gasteiger charge is -2.26. The van der Waals surface area contributed by atoms with E-state index in [1.165, 1.54) is 12.4 Å². The molecule has 1 aliphatic rings. The third-order valence-corrected chi connectivity index (χ3v) is 7.42. The van der Waals surface area contributed by atoms with Crippen LogP contribution < -0.4 is 15.0 Å². The SMILES string of the molecule is C=CC(=O)N1CC[C@H](N(C)c2ccc3ncnc(Nc4ccc(OCc5ncc(C)s5)c(Cl)c4)c3n2)C1. The number of amides is 1. The number of nitrogens with one attached hydrogen (secondary N) is 1. The first-order chi connectivity index (χ1) is 17.9. The van der Waals surface area contributed by atoms with Crippen LogP contribution in [-0.4, -0.2) is 56.9 Å². The van der Waals surface area contributed by atoms with E-state index >= 15 is 0 Å². The van der Waals surface area contributed by atoms with Crippen molar-refractivity contribution in [1.82, 2.24) is 24.8 Å². The number of hydrogen-bond acceptors (Lipinski definition) is 9. The van der Waals surface area contributed by atoms with Crippen LogP contribution in [0.15, 0.2) is 55.5 Å². The molecule has 1 saturated heterocycles. The van der Waals surface area contributed by atoms with Gasteiger partial charge in [0.1, 0.15) is 35.0 Å². The first-order valence-corrected chi connectivity index (χ1v) is 13.0. The average Bonchev–Trinajstić information content (AvgIpc) is 3.57. The minimum Gasteiger partial charge on any atom is -0.485 e. The number of ether oxygens (including phenoxy) is 1. The summed E-state index contributed by atoms with van der Waals surface area (Å²) in [6, 6.07) is 9.50. The number of pyridine rings is 1. The maximum atomic E-state index is 12.0. The van der Waals surface area contributed by atoms with E-state index in [0.29, 0.717) is 47.3 Å². The fourth-order valence-electron chi connectivity index (χ4n) is 4.23. The molecule has 9 nitrogen and oxygen atoms in total. The molecule has 1 aliphatic heterocycles. The summed E-state index contributed by atoms with van der Waals surface area (Å²) in [5.41, 5.74) is 2.10. The Bertz CT molecular complexity index is 1460. The van der Waals surface area contributed by atoms with Gasteiger partial charge in [0.15, 0.2) is 5.82 Å². The highest BCUT2D eigenvalue weighted by molar-refractivity contribution is 7.11. The zero-order valence-corrected chi connectivity index (χ0v) is 22.1. The van der Waals surface area contributed by atoms with E-state index in [1.807, 2.05) is 44.4 Å². The normalized spacial score (nSPS) is 15.1. The van der Waals surface area contributed by atoms with E-state index in [-0.39, 0.29) is 11.9 Å². The molecule has 0 unspecified atom stereocenters. The number of anilines is 3. The van der Waals surface area contributed by atoms with Crippen molar-refractivity contribution in [2.75, 3.05) is 30.4 Å². The second-order valence-corrected chi connectivity index (χ2v) is 10.5. The number of halogens is 1. The van der Waals surface area contributed by atoms with Gasteiger partial charge < -0.3 is 19.9 Å². The maximum Gasteiger partial charge on any atom is 0.246 e. The number of benzene rings is 1. The molecule has 1 N–H and O–H groups in total. The van der Waals surface area contributed by atoms with Gasteiger partial charge in [0, 0.05) is 42.9 Å². The van der Waals surface area contributed by atoms with Gasteiger partial charge in [0.05, 0.1) is 10.5 Å². The number of carbonyl (C=O) groups is 1. The molecule has 3 aromatic heterocycles. The van der Waals surface area contributed by atoms with Gasteiger partial charge in [-0.25, -0.2) is 19.9 Å². The van der Waals surface area contributed by atoms with E-state index in [4.69, 9.17) is 21.3 Å². The van der Waals surface area contributed by atoms with E-state index in [9.17, 15) is 4.79 Å². The summed E-state index contributed by atoms with van der Waals surface area (Å²) in [7, 11) is 1.99. The lowest BCUT2D eigenvalue weighted by molar-refractivity contribution is -0.125. The number of aromatic nitrogens is 4. The molecule has 4 aromatic rings. The largest absolute Gasteiger partial charge is 0.485 e. The summed E-state index contributed by atoms with van der Waals surface area (Å²) in [4.78, 5) is 35.0. The molecule has 0 saturated carbocycles. The van der Waals surface area contributed by atoms with Gasteiger partial charge >= 0.3 is 0 Å². The third kappa shape index (κ3) is 5.50. The topological polar surface area (TPSA) is 96.4 Å².